The third-order valence-corrected chi connectivity index (χ3v) is 3.34. The summed E-state index contributed by atoms with van der Waals surface area (Å²) in [5.41, 5.74) is 6.36. The van der Waals surface area contributed by atoms with Crippen LogP contribution in [0, 0.1) is 5.82 Å². The molecule has 0 saturated carbocycles. The molecule has 4 heteroatoms. The normalized spacial score (nSPS) is 26.9. The van der Waals surface area contributed by atoms with Crippen molar-refractivity contribution in [1.82, 2.24) is 4.90 Å². The quantitative estimate of drug-likeness (QED) is 0.812. The molecule has 88 valence electrons. The van der Waals surface area contributed by atoms with Gasteiger partial charge in [0, 0.05) is 13.1 Å². The highest BCUT2D eigenvalue weighted by atomic mass is 19.1. The Morgan fingerprint density at radius 1 is 1.56 bits per heavy atom. The van der Waals surface area contributed by atoms with Crippen LogP contribution in [0.2, 0.25) is 0 Å². The minimum Gasteiger partial charge on any atom is -0.378 e. The van der Waals surface area contributed by atoms with Gasteiger partial charge in [-0.05, 0) is 24.7 Å². The van der Waals surface area contributed by atoms with Crippen LogP contribution < -0.4 is 5.73 Å². The van der Waals surface area contributed by atoms with Crippen molar-refractivity contribution in [2.75, 3.05) is 33.4 Å². The van der Waals surface area contributed by atoms with E-state index in [0.29, 0.717) is 19.8 Å². The monoisotopic (exact) mass is 224 g/mol. The van der Waals surface area contributed by atoms with Crippen LogP contribution in [-0.4, -0.2) is 38.3 Å². The van der Waals surface area contributed by atoms with Gasteiger partial charge in [-0.25, -0.2) is 4.39 Å². The summed E-state index contributed by atoms with van der Waals surface area (Å²) in [6, 6.07) is 6.60. The van der Waals surface area contributed by atoms with Gasteiger partial charge in [0.1, 0.15) is 5.82 Å². The summed E-state index contributed by atoms with van der Waals surface area (Å²) in [7, 11) is 2.00. The van der Waals surface area contributed by atoms with Crippen molar-refractivity contribution in [3.63, 3.8) is 0 Å². The summed E-state index contributed by atoms with van der Waals surface area (Å²) in [6.45, 7) is 2.46. The van der Waals surface area contributed by atoms with Crippen LogP contribution in [0.25, 0.3) is 0 Å². The molecule has 1 aliphatic rings. The maximum atomic E-state index is 13.3. The summed E-state index contributed by atoms with van der Waals surface area (Å²) in [6.07, 6.45) is 0. The lowest BCUT2D eigenvalue weighted by atomic mass is 9.88. The van der Waals surface area contributed by atoms with Crippen LogP contribution >= 0.6 is 0 Å². The second kappa shape index (κ2) is 4.49. The summed E-state index contributed by atoms with van der Waals surface area (Å²) in [5, 5.41) is 0. The van der Waals surface area contributed by atoms with Crippen molar-refractivity contribution >= 4 is 0 Å². The molecule has 0 aromatic heterocycles. The molecule has 1 aromatic carbocycles. The fourth-order valence-electron chi connectivity index (χ4n) is 2.18. The number of ether oxygens (including phenoxy) is 1. The second-order valence-electron chi connectivity index (χ2n) is 4.22. The van der Waals surface area contributed by atoms with E-state index in [0.717, 1.165) is 12.1 Å². The molecule has 0 bridgehead atoms. The molecule has 1 saturated heterocycles. The molecule has 1 heterocycles. The van der Waals surface area contributed by atoms with E-state index in [1.165, 1.54) is 12.1 Å². The lowest BCUT2D eigenvalue weighted by molar-refractivity contribution is -0.0550. The summed E-state index contributed by atoms with van der Waals surface area (Å²) >= 11 is 0. The van der Waals surface area contributed by atoms with Crippen molar-refractivity contribution in [3.05, 3.63) is 35.6 Å². The minimum atomic E-state index is -0.389. The summed E-state index contributed by atoms with van der Waals surface area (Å²) < 4.78 is 18.8. The number of hydrogen-bond acceptors (Lipinski definition) is 3. The van der Waals surface area contributed by atoms with E-state index in [4.69, 9.17) is 10.5 Å². The topological polar surface area (TPSA) is 38.5 Å². The predicted octanol–water partition coefficient (Wildman–Crippen LogP) is 0.942. The van der Waals surface area contributed by atoms with Gasteiger partial charge in [0.05, 0.1) is 18.8 Å². The highest BCUT2D eigenvalue weighted by Crippen LogP contribution is 2.29. The van der Waals surface area contributed by atoms with Gasteiger partial charge in [0.25, 0.3) is 0 Å². The molecule has 0 amide bonds. The van der Waals surface area contributed by atoms with E-state index < -0.39 is 0 Å². The third kappa shape index (κ3) is 1.84. The molecule has 2 N–H and O–H groups in total. The zero-order chi connectivity index (χ0) is 11.6. The third-order valence-electron chi connectivity index (χ3n) is 3.34. The van der Waals surface area contributed by atoms with Gasteiger partial charge < -0.3 is 10.5 Å². The van der Waals surface area contributed by atoms with Crippen molar-refractivity contribution in [1.29, 1.82) is 0 Å². The summed E-state index contributed by atoms with van der Waals surface area (Å²) in [4.78, 5) is 2.14. The average molecular weight is 224 g/mol. The molecule has 0 radical (unpaired) electrons. The molecule has 1 aliphatic heterocycles. The number of morpholine rings is 1. The largest absolute Gasteiger partial charge is 0.378 e. The predicted molar refractivity (Wildman–Crippen MR) is 60.6 cm³/mol. The Balaban J connectivity index is 2.40. The molecule has 0 aliphatic carbocycles. The van der Waals surface area contributed by atoms with Crippen LogP contribution in [0.3, 0.4) is 0 Å². The van der Waals surface area contributed by atoms with Crippen molar-refractivity contribution in [3.8, 4) is 0 Å². The molecule has 16 heavy (non-hydrogen) atoms. The lowest BCUT2D eigenvalue weighted by Gasteiger charge is -2.44. The zero-order valence-corrected chi connectivity index (χ0v) is 9.45. The zero-order valence-electron chi connectivity index (χ0n) is 9.45. The van der Waals surface area contributed by atoms with E-state index in [1.54, 1.807) is 6.07 Å². The molecule has 3 nitrogen and oxygen atoms in total. The number of benzene rings is 1. The van der Waals surface area contributed by atoms with Gasteiger partial charge >= 0.3 is 0 Å². The summed E-state index contributed by atoms with van der Waals surface area (Å²) in [5.74, 6) is -0.232. The van der Waals surface area contributed by atoms with Crippen LogP contribution in [0.5, 0.6) is 0 Å². The molecule has 0 spiro atoms. The highest BCUT2D eigenvalue weighted by molar-refractivity contribution is 5.26. The number of halogens is 1. The van der Waals surface area contributed by atoms with E-state index in [1.807, 2.05) is 13.1 Å². The lowest BCUT2D eigenvalue weighted by Crippen LogP contribution is -2.56. The number of nitrogens with zero attached hydrogens (tertiary/aromatic N) is 1. The fraction of sp³-hybridized carbons (Fsp3) is 0.500. The molecule has 1 aromatic rings. The first-order valence-corrected chi connectivity index (χ1v) is 5.44. The van der Waals surface area contributed by atoms with Crippen molar-refractivity contribution < 1.29 is 9.13 Å². The SMILES string of the molecule is CN1CCOCC1(CN)c1cccc(F)c1. The van der Waals surface area contributed by atoms with Crippen molar-refractivity contribution in [2.24, 2.45) is 5.73 Å². The smallest absolute Gasteiger partial charge is 0.123 e. The van der Waals surface area contributed by atoms with Crippen LogP contribution in [0.4, 0.5) is 4.39 Å². The van der Waals surface area contributed by atoms with Gasteiger partial charge in [-0.15, -0.1) is 0 Å². The maximum Gasteiger partial charge on any atom is 0.123 e. The fourth-order valence-corrected chi connectivity index (χ4v) is 2.18. The van der Waals surface area contributed by atoms with Crippen molar-refractivity contribution in [2.45, 2.75) is 5.54 Å². The Hall–Kier alpha value is -0.970. The van der Waals surface area contributed by atoms with Gasteiger partial charge in [0.15, 0.2) is 0 Å². The molecular weight excluding hydrogens is 207 g/mol. The molecular formula is C12H17FN2O. The van der Waals surface area contributed by atoms with E-state index >= 15 is 0 Å². The molecule has 1 unspecified atom stereocenters. The Morgan fingerprint density at radius 2 is 2.38 bits per heavy atom. The number of nitrogens with two attached hydrogens (primary N) is 1. The Morgan fingerprint density at radius 3 is 3.00 bits per heavy atom. The Labute approximate surface area is 95.0 Å². The number of rotatable bonds is 2. The van der Waals surface area contributed by atoms with Gasteiger partial charge in [0.2, 0.25) is 0 Å². The standard InChI is InChI=1S/C12H17FN2O/c1-15-5-6-16-9-12(15,8-14)10-3-2-4-11(13)7-10/h2-4,7H,5-6,8-9,14H2,1H3. The van der Waals surface area contributed by atoms with Crippen LogP contribution in [0.1, 0.15) is 5.56 Å². The Kier molecular flexibility index (Phi) is 3.23. The molecule has 2 rings (SSSR count). The average Bonchev–Trinajstić information content (AvgIpc) is 2.30. The maximum absolute atomic E-state index is 13.3. The first kappa shape index (κ1) is 11.5. The minimum absolute atomic E-state index is 0.232. The molecule has 1 atom stereocenters. The van der Waals surface area contributed by atoms with E-state index in [9.17, 15) is 4.39 Å². The second-order valence-corrected chi connectivity index (χ2v) is 4.22. The number of likely N-dealkylation sites (N-methyl/N-ethyl adjacent to an activating group) is 1. The first-order chi connectivity index (χ1) is 7.69. The van der Waals surface area contributed by atoms with Crippen LogP contribution in [0.15, 0.2) is 24.3 Å². The van der Waals surface area contributed by atoms with E-state index in [2.05, 4.69) is 4.90 Å². The number of hydrogen-bond donors (Lipinski definition) is 1. The molecule has 1 fully saturated rings. The van der Waals surface area contributed by atoms with Gasteiger partial charge in [-0.2, -0.15) is 0 Å². The highest BCUT2D eigenvalue weighted by Gasteiger charge is 2.38. The Bertz CT molecular complexity index is 372. The van der Waals surface area contributed by atoms with Crippen LogP contribution in [-0.2, 0) is 10.3 Å². The van der Waals surface area contributed by atoms with E-state index in [-0.39, 0.29) is 11.4 Å². The van der Waals surface area contributed by atoms with Gasteiger partial charge in [-0.3, -0.25) is 4.90 Å². The van der Waals surface area contributed by atoms with Gasteiger partial charge in [-0.1, -0.05) is 12.1 Å². The first-order valence-electron chi connectivity index (χ1n) is 5.44.